The Balaban J connectivity index is 2.44. The van der Waals surface area contributed by atoms with E-state index in [0.29, 0.717) is 0 Å². The fourth-order valence-corrected chi connectivity index (χ4v) is 1.78. The van der Waals surface area contributed by atoms with Gasteiger partial charge in [0.05, 0.1) is 12.4 Å². The largest absolute Gasteiger partial charge is 0.464 e. The molecule has 2 aromatic rings. The van der Waals surface area contributed by atoms with Crippen molar-refractivity contribution in [2.24, 2.45) is 0 Å². The third kappa shape index (κ3) is 1.89. The molecule has 0 radical (unpaired) electrons. The minimum absolute atomic E-state index is 0.0323. The van der Waals surface area contributed by atoms with Gasteiger partial charge in [-0.05, 0) is 13.1 Å². The van der Waals surface area contributed by atoms with Crippen molar-refractivity contribution in [3.63, 3.8) is 0 Å². The number of fused-ring (bicyclic) bond motifs is 1. The zero-order valence-electron chi connectivity index (χ0n) is 8.99. The normalized spacial score (nSPS) is 13.2. The number of likely N-dealkylation sites (N-methyl/N-ethyl adjacent to an activating group) is 1. The number of methoxy groups -OCH3 is 1. The molecule has 0 amide bonds. The summed E-state index contributed by atoms with van der Waals surface area (Å²) in [5, 5.41) is 4.22. The van der Waals surface area contributed by atoms with E-state index < -0.39 is 0 Å². The van der Waals surface area contributed by atoms with Crippen LogP contribution in [0.25, 0.3) is 11.0 Å². The standard InChI is InChI=1S/C12H15NO2/c1-13-8-11(14-2)10-5-3-4-9-6-7-15-12(9)10/h3-7,11,13H,8H2,1-2H3. The molecule has 0 aliphatic rings. The second-order valence-corrected chi connectivity index (χ2v) is 3.47. The summed E-state index contributed by atoms with van der Waals surface area (Å²) in [5.74, 6) is 0. The average molecular weight is 205 g/mol. The maximum absolute atomic E-state index is 5.47. The number of rotatable bonds is 4. The lowest BCUT2D eigenvalue weighted by atomic mass is 10.1. The van der Waals surface area contributed by atoms with Crippen molar-refractivity contribution in [3.05, 3.63) is 36.1 Å². The third-order valence-electron chi connectivity index (χ3n) is 2.53. The molecule has 3 heteroatoms. The van der Waals surface area contributed by atoms with E-state index in [9.17, 15) is 0 Å². The Morgan fingerprint density at radius 2 is 2.27 bits per heavy atom. The molecule has 1 unspecified atom stereocenters. The van der Waals surface area contributed by atoms with Crippen molar-refractivity contribution in [2.75, 3.05) is 20.7 Å². The van der Waals surface area contributed by atoms with Crippen LogP contribution in [0.5, 0.6) is 0 Å². The Labute approximate surface area is 89.0 Å². The number of hydrogen-bond acceptors (Lipinski definition) is 3. The van der Waals surface area contributed by atoms with Crippen molar-refractivity contribution in [1.82, 2.24) is 5.32 Å². The molecule has 0 fully saturated rings. The molecule has 0 saturated carbocycles. The molecule has 1 N–H and O–H groups in total. The van der Waals surface area contributed by atoms with Crippen molar-refractivity contribution >= 4 is 11.0 Å². The van der Waals surface area contributed by atoms with E-state index in [0.717, 1.165) is 23.1 Å². The third-order valence-corrected chi connectivity index (χ3v) is 2.53. The fourth-order valence-electron chi connectivity index (χ4n) is 1.78. The number of para-hydroxylation sites is 1. The van der Waals surface area contributed by atoms with E-state index >= 15 is 0 Å². The van der Waals surface area contributed by atoms with Crippen LogP contribution in [0.1, 0.15) is 11.7 Å². The van der Waals surface area contributed by atoms with Gasteiger partial charge in [-0.3, -0.25) is 0 Å². The summed E-state index contributed by atoms with van der Waals surface area (Å²) in [4.78, 5) is 0. The van der Waals surface area contributed by atoms with Crippen molar-refractivity contribution in [3.8, 4) is 0 Å². The predicted molar refractivity (Wildman–Crippen MR) is 59.9 cm³/mol. The molecular formula is C12H15NO2. The Morgan fingerprint density at radius 1 is 1.40 bits per heavy atom. The second-order valence-electron chi connectivity index (χ2n) is 3.47. The highest BCUT2D eigenvalue weighted by Gasteiger charge is 2.14. The average Bonchev–Trinajstić information content (AvgIpc) is 2.73. The van der Waals surface area contributed by atoms with E-state index in [1.807, 2.05) is 31.3 Å². The first-order valence-electron chi connectivity index (χ1n) is 5.00. The van der Waals surface area contributed by atoms with Gasteiger partial charge in [0.25, 0.3) is 0 Å². The smallest absolute Gasteiger partial charge is 0.139 e. The lowest BCUT2D eigenvalue weighted by Crippen LogP contribution is -2.18. The molecule has 0 aliphatic carbocycles. The molecule has 1 aromatic carbocycles. The van der Waals surface area contributed by atoms with Gasteiger partial charge in [-0.15, -0.1) is 0 Å². The Morgan fingerprint density at radius 3 is 3.00 bits per heavy atom. The Kier molecular flexibility index (Phi) is 3.04. The quantitative estimate of drug-likeness (QED) is 0.832. The van der Waals surface area contributed by atoms with Crippen LogP contribution in [0.4, 0.5) is 0 Å². The number of nitrogens with one attached hydrogen (secondary N) is 1. The van der Waals surface area contributed by atoms with Gasteiger partial charge in [0.15, 0.2) is 0 Å². The topological polar surface area (TPSA) is 34.4 Å². The van der Waals surface area contributed by atoms with Gasteiger partial charge >= 0.3 is 0 Å². The molecule has 80 valence electrons. The molecule has 0 bridgehead atoms. The maximum atomic E-state index is 5.47. The summed E-state index contributed by atoms with van der Waals surface area (Å²) < 4.78 is 10.9. The lowest BCUT2D eigenvalue weighted by Gasteiger charge is -2.15. The molecule has 1 aromatic heterocycles. The first kappa shape index (κ1) is 10.2. The highest BCUT2D eigenvalue weighted by molar-refractivity contribution is 5.80. The first-order chi connectivity index (χ1) is 7.36. The fraction of sp³-hybridized carbons (Fsp3) is 0.333. The Bertz CT molecular complexity index is 436. The SMILES string of the molecule is CNCC(OC)c1cccc2ccoc12. The van der Waals surface area contributed by atoms with Crippen LogP contribution in [0.3, 0.4) is 0 Å². The van der Waals surface area contributed by atoms with Crippen molar-refractivity contribution in [1.29, 1.82) is 0 Å². The van der Waals surface area contributed by atoms with E-state index in [-0.39, 0.29) is 6.10 Å². The molecule has 0 saturated heterocycles. The van der Waals surface area contributed by atoms with Crippen LogP contribution in [-0.2, 0) is 4.74 Å². The highest BCUT2D eigenvalue weighted by atomic mass is 16.5. The van der Waals surface area contributed by atoms with Gasteiger partial charge < -0.3 is 14.5 Å². The van der Waals surface area contributed by atoms with Crippen LogP contribution in [0, 0.1) is 0 Å². The number of ether oxygens (including phenoxy) is 1. The van der Waals surface area contributed by atoms with Gasteiger partial charge in [0.1, 0.15) is 5.58 Å². The number of benzene rings is 1. The van der Waals surface area contributed by atoms with Crippen LogP contribution in [0.15, 0.2) is 34.9 Å². The summed E-state index contributed by atoms with van der Waals surface area (Å²) in [6.45, 7) is 0.774. The van der Waals surface area contributed by atoms with Gasteiger partial charge in [0.2, 0.25) is 0 Å². The van der Waals surface area contributed by atoms with Crippen LogP contribution in [0.2, 0.25) is 0 Å². The molecular weight excluding hydrogens is 190 g/mol. The predicted octanol–water partition coefficient (Wildman–Crippen LogP) is 2.34. The summed E-state index contributed by atoms with van der Waals surface area (Å²) in [6.07, 6.45) is 1.74. The molecule has 0 spiro atoms. The molecule has 15 heavy (non-hydrogen) atoms. The molecule has 1 atom stereocenters. The van der Waals surface area contributed by atoms with E-state index in [2.05, 4.69) is 5.32 Å². The second kappa shape index (κ2) is 4.47. The van der Waals surface area contributed by atoms with E-state index in [1.165, 1.54) is 0 Å². The molecule has 2 rings (SSSR count). The minimum atomic E-state index is 0.0323. The van der Waals surface area contributed by atoms with Crippen molar-refractivity contribution < 1.29 is 9.15 Å². The number of furan rings is 1. The van der Waals surface area contributed by atoms with Crippen molar-refractivity contribution in [2.45, 2.75) is 6.10 Å². The summed E-state index contributed by atoms with van der Waals surface area (Å²) >= 11 is 0. The maximum Gasteiger partial charge on any atom is 0.139 e. The summed E-state index contributed by atoms with van der Waals surface area (Å²) in [7, 11) is 3.62. The van der Waals surface area contributed by atoms with Gasteiger partial charge in [0, 0.05) is 24.6 Å². The zero-order valence-corrected chi connectivity index (χ0v) is 8.99. The molecule has 0 aliphatic heterocycles. The zero-order chi connectivity index (χ0) is 10.7. The van der Waals surface area contributed by atoms with Crippen LogP contribution >= 0.6 is 0 Å². The molecule has 1 heterocycles. The van der Waals surface area contributed by atoms with E-state index in [1.54, 1.807) is 13.4 Å². The lowest BCUT2D eigenvalue weighted by molar-refractivity contribution is 0.104. The van der Waals surface area contributed by atoms with Gasteiger partial charge in [-0.2, -0.15) is 0 Å². The van der Waals surface area contributed by atoms with Gasteiger partial charge in [-0.1, -0.05) is 18.2 Å². The van der Waals surface area contributed by atoms with E-state index in [4.69, 9.17) is 9.15 Å². The highest BCUT2D eigenvalue weighted by Crippen LogP contribution is 2.26. The number of hydrogen-bond donors (Lipinski definition) is 1. The monoisotopic (exact) mass is 205 g/mol. The van der Waals surface area contributed by atoms with Gasteiger partial charge in [-0.25, -0.2) is 0 Å². The molecule has 3 nitrogen and oxygen atoms in total. The Hall–Kier alpha value is -1.32. The minimum Gasteiger partial charge on any atom is -0.464 e. The van der Waals surface area contributed by atoms with Crippen LogP contribution < -0.4 is 5.32 Å². The first-order valence-corrected chi connectivity index (χ1v) is 5.00. The van der Waals surface area contributed by atoms with Crippen LogP contribution in [-0.4, -0.2) is 20.7 Å². The summed E-state index contributed by atoms with van der Waals surface area (Å²) in [5.41, 5.74) is 2.01. The summed E-state index contributed by atoms with van der Waals surface area (Å²) in [6, 6.07) is 8.06.